The lowest BCUT2D eigenvalue weighted by atomic mass is 9.74. The molecule has 1 fully saturated rings. The van der Waals surface area contributed by atoms with Crippen LogP contribution in [0.15, 0.2) is 30.3 Å². The van der Waals surface area contributed by atoms with Crippen molar-refractivity contribution >= 4 is 5.91 Å². The summed E-state index contributed by atoms with van der Waals surface area (Å²) in [6.45, 7) is 3.97. The first-order valence-electron chi connectivity index (χ1n) is 7.69. The van der Waals surface area contributed by atoms with Crippen LogP contribution in [0.25, 0.3) is 0 Å². The third-order valence-electron chi connectivity index (χ3n) is 4.38. The molecule has 2 N–H and O–H groups in total. The van der Waals surface area contributed by atoms with E-state index in [0.29, 0.717) is 19.6 Å². The van der Waals surface area contributed by atoms with Gasteiger partial charge in [0.25, 0.3) is 0 Å². The highest BCUT2D eigenvalue weighted by Crippen LogP contribution is 2.37. The summed E-state index contributed by atoms with van der Waals surface area (Å²) < 4.78 is 0. The number of rotatable bonds is 5. The molecular weight excluding hydrogens is 248 g/mol. The predicted octanol–water partition coefficient (Wildman–Crippen LogP) is 2.94. The second-order valence-electron chi connectivity index (χ2n) is 6.12. The highest BCUT2D eigenvalue weighted by atomic mass is 16.2. The minimum Gasteiger partial charge on any atom is -0.337 e. The molecule has 0 heterocycles. The van der Waals surface area contributed by atoms with Gasteiger partial charge >= 0.3 is 0 Å². The Labute approximate surface area is 122 Å². The van der Waals surface area contributed by atoms with Gasteiger partial charge in [-0.1, -0.05) is 56.5 Å². The average Bonchev–Trinajstić information content (AvgIpc) is 2.48. The quantitative estimate of drug-likeness (QED) is 0.897. The smallest absolute Gasteiger partial charge is 0.228 e. The second-order valence-corrected chi connectivity index (χ2v) is 6.12. The van der Waals surface area contributed by atoms with Crippen LogP contribution in [0, 0.1) is 5.41 Å². The lowest BCUT2D eigenvalue weighted by Crippen LogP contribution is -2.45. The fourth-order valence-corrected chi connectivity index (χ4v) is 3.14. The van der Waals surface area contributed by atoms with E-state index in [2.05, 4.69) is 19.1 Å². The molecule has 0 unspecified atom stereocenters. The number of amides is 1. The first kappa shape index (κ1) is 15.0. The fraction of sp³-hybridized carbons (Fsp3) is 0.588. The number of nitrogens with two attached hydrogens (primary N) is 1. The average molecular weight is 274 g/mol. The SMILES string of the molecule is CC1(C(=O)N(CCN)Cc2ccccc2)CCCCC1. The normalized spacial score (nSPS) is 17.7. The molecule has 110 valence electrons. The summed E-state index contributed by atoms with van der Waals surface area (Å²) in [4.78, 5) is 14.8. The highest BCUT2D eigenvalue weighted by Gasteiger charge is 2.37. The molecule has 1 aromatic carbocycles. The van der Waals surface area contributed by atoms with Crippen molar-refractivity contribution in [3.05, 3.63) is 35.9 Å². The zero-order chi connectivity index (χ0) is 14.4. The summed E-state index contributed by atoms with van der Waals surface area (Å²) in [5, 5.41) is 0. The molecule has 1 amide bonds. The Kier molecular flexibility index (Phi) is 5.18. The van der Waals surface area contributed by atoms with Gasteiger partial charge in [-0.05, 0) is 18.4 Å². The summed E-state index contributed by atoms with van der Waals surface area (Å²) in [7, 11) is 0. The molecule has 1 aromatic rings. The molecule has 1 aliphatic rings. The van der Waals surface area contributed by atoms with Crippen LogP contribution in [-0.2, 0) is 11.3 Å². The molecule has 0 spiro atoms. The Morgan fingerprint density at radius 2 is 1.85 bits per heavy atom. The van der Waals surface area contributed by atoms with Gasteiger partial charge < -0.3 is 10.6 Å². The van der Waals surface area contributed by atoms with E-state index < -0.39 is 0 Å². The lowest BCUT2D eigenvalue weighted by Gasteiger charge is -2.37. The number of carbonyl (C=O) groups excluding carboxylic acids is 1. The maximum Gasteiger partial charge on any atom is 0.228 e. The van der Waals surface area contributed by atoms with E-state index in [4.69, 9.17) is 5.73 Å². The van der Waals surface area contributed by atoms with E-state index in [1.165, 1.54) is 24.8 Å². The van der Waals surface area contributed by atoms with Gasteiger partial charge in [0.05, 0.1) is 0 Å². The van der Waals surface area contributed by atoms with Crippen LogP contribution in [0.3, 0.4) is 0 Å². The van der Waals surface area contributed by atoms with Crippen molar-refractivity contribution in [2.24, 2.45) is 11.1 Å². The lowest BCUT2D eigenvalue weighted by molar-refractivity contribution is -0.143. The van der Waals surface area contributed by atoms with Gasteiger partial charge in [-0.3, -0.25) is 4.79 Å². The zero-order valence-electron chi connectivity index (χ0n) is 12.5. The van der Waals surface area contributed by atoms with Crippen LogP contribution >= 0.6 is 0 Å². The maximum atomic E-state index is 12.9. The first-order chi connectivity index (χ1) is 9.65. The van der Waals surface area contributed by atoms with Crippen molar-refractivity contribution in [2.45, 2.75) is 45.6 Å². The minimum absolute atomic E-state index is 0.178. The Hall–Kier alpha value is -1.35. The molecule has 0 aromatic heterocycles. The summed E-state index contributed by atoms with van der Waals surface area (Å²) in [5.41, 5.74) is 6.70. The summed E-state index contributed by atoms with van der Waals surface area (Å²) in [6, 6.07) is 10.2. The minimum atomic E-state index is -0.178. The molecule has 0 bridgehead atoms. The maximum absolute atomic E-state index is 12.9. The van der Waals surface area contributed by atoms with Crippen molar-refractivity contribution in [2.75, 3.05) is 13.1 Å². The van der Waals surface area contributed by atoms with Crippen LogP contribution in [-0.4, -0.2) is 23.9 Å². The highest BCUT2D eigenvalue weighted by molar-refractivity contribution is 5.82. The molecule has 3 nitrogen and oxygen atoms in total. The molecule has 0 aliphatic heterocycles. The number of hydrogen-bond acceptors (Lipinski definition) is 2. The Morgan fingerprint density at radius 3 is 2.45 bits per heavy atom. The molecule has 1 aliphatic carbocycles. The van der Waals surface area contributed by atoms with Crippen LogP contribution < -0.4 is 5.73 Å². The monoisotopic (exact) mass is 274 g/mol. The van der Waals surface area contributed by atoms with E-state index in [-0.39, 0.29) is 11.3 Å². The number of nitrogens with zero attached hydrogens (tertiary/aromatic N) is 1. The van der Waals surface area contributed by atoms with Gasteiger partial charge in [0.2, 0.25) is 5.91 Å². The van der Waals surface area contributed by atoms with Gasteiger partial charge in [0, 0.05) is 25.0 Å². The molecule has 0 saturated heterocycles. The van der Waals surface area contributed by atoms with Crippen molar-refractivity contribution in [3.8, 4) is 0 Å². The molecule has 3 heteroatoms. The second kappa shape index (κ2) is 6.89. The van der Waals surface area contributed by atoms with E-state index in [9.17, 15) is 4.79 Å². The van der Waals surface area contributed by atoms with Crippen molar-refractivity contribution < 1.29 is 4.79 Å². The van der Waals surface area contributed by atoms with Crippen LogP contribution in [0.5, 0.6) is 0 Å². The third kappa shape index (κ3) is 3.60. The summed E-state index contributed by atoms with van der Waals surface area (Å²) >= 11 is 0. The van der Waals surface area contributed by atoms with Gasteiger partial charge in [0.15, 0.2) is 0 Å². The van der Waals surface area contributed by atoms with Crippen molar-refractivity contribution in [1.82, 2.24) is 4.90 Å². The molecule has 1 saturated carbocycles. The van der Waals surface area contributed by atoms with Crippen molar-refractivity contribution in [1.29, 1.82) is 0 Å². The number of hydrogen-bond donors (Lipinski definition) is 1. The Bertz CT molecular complexity index is 424. The third-order valence-corrected chi connectivity index (χ3v) is 4.38. The fourth-order valence-electron chi connectivity index (χ4n) is 3.14. The molecule has 0 radical (unpaired) electrons. The van der Waals surface area contributed by atoms with Gasteiger partial charge in [-0.15, -0.1) is 0 Å². The van der Waals surface area contributed by atoms with E-state index in [1.807, 2.05) is 23.1 Å². The number of carbonyl (C=O) groups is 1. The van der Waals surface area contributed by atoms with Gasteiger partial charge in [0.1, 0.15) is 0 Å². The topological polar surface area (TPSA) is 46.3 Å². The number of benzene rings is 1. The molecule has 2 rings (SSSR count). The van der Waals surface area contributed by atoms with Crippen molar-refractivity contribution in [3.63, 3.8) is 0 Å². The van der Waals surface area contributed by atoms with Gasteiger partial charge in [-0.2, -0.15) is 0 Å². The molecule has 0 atom stereocenters. The molecular formula is C17H26N2O. The van der Waals surface area contributed by atoms with Crippen LogP contribution in [0.4, 0.5) is 0 Å². The summed E-state index contributed by atoms with van der Waals surface area (Å²) in [6.07, 6.45) is 5.63. The summed E-state index contributed by atoms with van der Waals surface area (Å²) in [5.74, 6) is 0.284. The molecule has 20 heavy (non-hydrogen) atoms. The zero-order valence-corrected chi connectivity index (χ0v) is 12.5. The van der Waals surface area contributed by atoms with E-state index in [1.54, 1.807) is 0 Å². The Morgan fingerprint density at radius 1 is 1.20 bits per heavy atom. The standard InChI is InChI=1S/C17H26N2O/c1-17(10-6-3-7-11-17)16(20)19(13-12-18)14-15-8-4-2-5-9-15/h2,4-5,8-9H,3,6-7,10-14,18H2,1H3. The van der Waals surface area contributed by atoms with Crippen LogP contribution in [0.2, 0.25) is 0 Å². The largest absolute Gasteiger partial charge is 0.337 e. The van der Waals surface area contributed by atoms with E-state index >= 15 is 0 Å². The predicted molar refractivity (Wildman–Crippen MR) is 82.1 cm³/mol. The van der Waals surface area contributed by atoms with Crippen LogP contribution in [0.1, 0.15) is 44.6 Å². The van der Waals surface area contributed by atoms with Gasteiger partial charge in [-0.25, -0.2) is 0 Å². The first-order valence-corrected chi connectivity index (χ1v) is 7.69. The Balaban J connectivity index is 2.09. The van der Waals surface area contributed by atoms with E-state index in [0.717, 1.165) is 12.8 Å².